The van der Waals surface area contributed by atoms with E-state index in [2.05, 4.69) is 0 Å². The molecule has 0 saturated heterocycles. The van der Waals surface area contributed by atoms with Crippen molar-refractivity contribution < 1.29 is 38.5 Å². The Morgan fingerprint density at radius 3 is 1.93 bits per heavy atom. The lowest BCUT2D eigenvalue weighted by Crippen LogP contribution is -2.26. The summed E-state index contributed by atoms with van der Waals surface area (Å²) in [6.45, 7) is 0. The molecule has 0 aromatic carbocycles. The van der Waals surface area contributed by atoms with Gasteiger partial charge in [0.25, 0.3) is 0 Å². The smallest absolute Gasteiger partial charge is 0.338 e. The molecule has 0 aliphatic carbocycles. The molecule has 0 radical (unpaired) electrons. The van der Waals surface area contributed by atoms with Gasteiger partial charge in [-0.2, -0.15) is 0 Å². The number of hydrogen-bond acceptors (Lipinski definition) is 3. The number of hydrogen-bond donors (Lipinski definition) is 4. The second-order valence-corrected chi connectivity index (χ2v) is 4.62. The molecule has 0 rings (SSSR count). The number of aliphatic carboxylic acids is 2. The molecule has 4 N–H and O–H groups in total. The van der Waals surface area contributed by atoms with E-state index in [1.807, 2.05) is 0 Å². The van der Waals surface area contributed by atoms with E-state index < -0.39 is 44.2 Å². The zero-order chi connectivity index (χ0) is 12.2. The summed E-state index contributed by atoms with van der Waals surface area (Å²) in [5.41, 5.74) is 0. The van der Waals surface area contributed by atoms with Gasteiger partial charge < -0.3 is 20.0 Å². The lowest BCUT2D eigenvalue weighted by molar-refractivity contribution is -0.146. The first kappa shape index (κ1) is 14.0. The summed E-state index contributed by atoms with van der Waals surface area (Å²) in [5.74, 6) is -5.20. The average molecular weight is 243 g/mol. The molecule has 0 saturated carbocycles. The van der Waals surface area contributed by atoms with Crippen LogP contribution in [0.3, 0.4) is 0 Å². The second-order valence-electron chi connectivity index (χ2n) is 2.92. The van der Waals surface area contributed by atoms with Crippen LogP contribution in [0.1, 0.15) is 6.42 Å². The van der Waals surface area contributed by atoms with Crippen LogP contribution in [-0.4, -0.2) is 44.3 Å². The Balaban J connectivity index is 4.49. The van der Waals surface area contributed by atoms with E-state index in [-0.39, 0.29) is 0 Å². The van der Waals surface area contributed by atoms with E-state index in [0.717, 1.165) is 0 Å². The van der Waals surface area contributed by atoms with Crippen LogP contribution in [0.15, 0.2) is 0 Å². The molecule has 7 nitrogen and oxygen atoms in total. The summed E-state index contributed by atoms with van der Waals surface area (Å²) in [7, 11) is -4.60. The molecule has 9 heteroatoms. The van der Waals surface area contributed by atoms with Crippen molar-refractivity contribution in [3.63, 3.8) is 0 Å². The Labute approximate surface area is 83.7 Å². The number of carboxylic acids is 2. The molecule has 88 valence electrons. The molecule has 2 atom stereocenters. The average Bonchev–Trinajstić information content (AvgIpc) is 1.99. The van der Waals surface area contributed by atoms with Crippen molar-refractivity contribution in [2.75, 3.05) is 6.16 Å². The van der Waals surface area contributed by atoms with Crippen LogP contribution in [-0.2, 0) is 14.2 Å². The summed E-state index contributed by atoms with van der Waals surface area (Å²) >= 11 is 0. The van der Waals surface area contributed by atoms with Crippen molar-refractivity contribution in [3.05, 3.63) is 0 Å². The highest BCUT2D eigenvalue weighted by molar-refractivity contribution is 7.51. The van der Waals surface area contributed by atoms with Gasteiger partial charge in [0.15, 0.2) is 6.17 Å². The number of carboxylic acid groups (broad SMARTS) is 2. The topological polar surface area (TPSA) is 132 Å². The number of alkyl halides is 1. The number of rotatable bonds is 6. The van der Waals surface area contributed by atoms with Crippen LogP contribution in [0, 0.1) is 5.92 Å². The molecule has 0 aliphatic heterocycles. The van der Waals surface area contributed by atoms with Crippen molar-refractivity contribution in [1.29, 1.82) is 0 Å². The molecule has 0 heterocycles. The quantitative estimate of drug-likeness (QED) is 0.470. The summed E-state index contributed by atoms with van der Waals surface area (Å²) in [6.07, 6.45) is -4.48. The van der Waals surface area contributed by atoms with Crippen molar-refractivity contribution in [2.24, 2.45) is 5.92 Å². The second kappa shape index (κ2) is 5.20. The number of halogens is 1. The van der Waals surface area contributed by atoms with Gasteiger partial charge in [-0.15, -0.1) is 0 Å². The van der Waals surface area contributed by atoms with Crippen LogP contribution in [0.25, 0.3) is 0 Å². The Morgan fingerprint density at radius 1 is 1.20 bits per heavy atom. The molecule has 0 bridgehead atoms. The first-order valence-corrected chi connectivity index (χ1v) is 5.57. The Kier molecular flexibility index (Phi) is 4.86. The fraction of sp³-hybridized carbons (Fsp3) is 0.667. The van der Waals surface area contributed by atoms with Crippen LogP contribution in [0.4, 0.5) is 4.39 Å². The molecule has 0 aromatic heterocycles. The maximum atomic E-state index is 12.6. The molecule has 0 fully saturated rings. The van der Waals surface area contributed by atoms with Crippen molar-refractivity contribution in [1.82, 2.24) is 0 Å². The predicted molar refractivity (Wildman–Crippen MR) is 45.2 cm³/mol. The van der Waals surface area contributed by atoms with Crippen molar-refractivity contribution in [2.45, 2.75) is 12.6 Å². The van der Waals surface area contributed by atoms with Crippen LogP contribution < -0.4 is 0 Å². The standard InChI is InChI=1S/C6H10FO7P/c7-4(6(10)11)1-3(5(8)9)2-15(12,13)14/h3-4H,1-2H2,(H,8,9)(H,10,11)(H2,12,13,14)/i7-1. The molecule has 15 heavy (non-hydrogen) atoms. The van der Waals surface area contributed by atoms with Gasteiger partial charge in [0, 0.05) is 6.42 Å². The monoisotopic (exact) mass is 243 g/mol. The molecule has 0 spiro atoms. The lowest BCUT2D eigenvalue weighted by atomic mass is 10.0. The summed E-state index contributed by atoms with van der Waals surface area (Å²) in [4.78, 5) is 37.4. The molecule has 0 aromatic rings. The molecule has 0 amide bonds. The van der Waals surface area contributed by atoms with Gasteiger partial charge in [-0.3, -0.25) is 9.36 Å². The summed E-state index contributed by atoms with van der Waals surface area (Å²) in [5, 5.41) is 16.6. The highest BCUT2D eigenvalue weighted by Gasteiger charge is 2.32. The van der Waals surface area contributed by atoms with E-state index in [4.69, 9.17) is 20.0 Å². The van der Waals surface area contributed by atoms with Gasteiger partial charge in [-0.1, -0.05) is 0 Å². The fourth-order valence-corrected chi connectivity index (χ4v) is 1.77. The van der Waals surface area contributed by atoms with Gasteiger partial charge >= 0.3 is 19.5 Å². The van der Waals surface area contributed by atoms with E-state index in [1.165, 1.54) is 0 Å². The Hall–Kier alpha value is -0.980. The first-order valence-electron chi connectivity index (χ1n) is 3.77. The molecule has 0 aliphatic rings. The van der Waals surface area contributed by atoms with Crippen molar-refractivity contribution >= 4 is 19.5 Å². The van der Waals surface area contributed by atoms with Gasteiger partial charge in [-0.05, 0) is 0 Å². The largest absolute Gasteiger partial charge is 0.481 e. The maximum Gasteiger partial charge on any atom is 0.338 e. The highest BCUT2D eigenvalue weighted by atomic mass is 31.2. The molecular weight excluding hydrogens is 233 g/mol. The van der Waals surface area contributed by atoms with E-state index >= 15 is 0 Å². The third kappa shape index (κ3) is 6.16. The van der Waals surface area contributed by atoms with E-state index in [9.17, 15) is 18.5 Å². The van der Waals surface area contributed by atoms with Gasteiger partial charge in [-0.25, -0.2) is 9.18 Å². The Morgan fingerprint density at radius 2 is 1.67 bits per heavy atom. The summed E-state index contributed by atoms with van der Waals surface area (Å²) < 4.78 is 23.1. The van der Waals surface area contributed by atoms with E-state index in [0.29, 0.717) is 0 Å². The third-order valence-corrected chi connectivity index (χ3v) is 2.48. The van der Waals surface area contributed by atoms with Crippen LogP contribution in [0.5, 0.6) is 0 Å². The van der Waals surface area contributed by atoms with E-state index in [1.54, 1.807) is 0 Å². The lowest BCUT2D eigenvalue weighted by Gasteiger charge is -2.13. The molecule has 2 unspecified atom stereocenters. The minimum atomic E-state index is -4.60. The maximum absolute atomic E-state index is 12.6. The zero-order valence-electron chi connectivity index (χ0n) is 7.41. The third-order valence-electron chi connectivity index (χ3n) is 1.57. The minimum Gasteiger partial charge on any atom is -0.481 e. The summed E-state index contributed by atoms with van der Waals surface area (Å²) in [6, 6.07) is 0. The number of carbonyl (C=O) groups is 2. The van der Waals surface area contributed by atoms with Crippen LogP contribution >= 0.6 is 7.60 Å². The highest BCUT2D eigenvalue weighted by Crippen LogP contribution is 2.38. The molecular formula is C6H10FO7P. The SMILES string of the molecule is O=C(O)C([18F])CC(CP(=O)(O)O)C(=O)O. The Bertz CT molecular complexity index is 298. The predicted octanol–water partition coefficient (Wildman–Crippen LogP) is -0.322. The minimum absolute atomic E-state index is 0.963. The van der Waals surface area contributed by atoms with Gasteiger partial charge in [0.05, 0.1) is 12.1 Å². The first-order chi connectivity index (χ1) is 6.63. The normalized spacial score (nSPS) is 15.7. The van der Waals surface area contributed by atoms with Crippen molar-refractivity contribution in [3.8, 4) is 0 Å². The van der Waals surface area contributed by atoms with Gasteiger partial charge in [0.2, 0.25) is 0 Å². The fourth-order valence-electron chi connectivity index (χ4n) is 0.891. The zero-order valence-corrected chi connectivity index (χ0v) is 8.30. The van der Waals surface area contributed by atoms with Crippen LogP contribution in [0.2, 0.25) is 0 Å². The van der Waals surface area contributed by atoms with Gasteiger partial charge in [0.1, 0.15) is 0 Å².